The SMILES string of the molecule is COc1cc(C(C)=O)cc(N2C[C@@H](C)O[C@@H](C)C2)c1. The van der Waals surface area contributed by atoms with E-state index in [0.29, 0.717) is 5.56 Å². The fraction of sp³-hybridized carbons (Fsp3) is 0.533. The van der Waals surface area contributed by atoms with Crippen LogP contribution in [0.2, 0.25) is 0 Å². The van der Waals surface area contributed by atoms with Crippen LogP contribution in [0.5, 0.6) is 5.75 Å². The van der Waals surface area contributed by atoms with Crippen molar-refractivity contribution in [2.75, 3.05) is 25.1 Å². The zero-order chi connectivity index (χ0) is 14.0. The van der Waals surface area contributed by atoms with E-state index in [9.17, 15) is 4.79 Å². The minimum atomic E-state index is 0.0505. The number of hydrogen-bond acceptors (Lipinski definition) is 4. The summed E-state index contributed by atoms with van der Waals surface area (Å²) in [6.45, 7) is 7.36. The maximum absolute atomic E-state index is 11.6. The second-order valence-corrected chi connectivity index (χ2v) is 5.14. The molecule has 19 heavy (non-hydrogen) atoms. The predicted molar refractivity (Wildman–Crippen MR) is 75.2 cm³/mol. The lowest BCUT2D eigenvalue weighted by atomic mass is 10.1. The molecule has 1 saturated heterocycles. The van der Waals surface area contributed by atoms with Crippen molar-refractivity contribution >= 4 is 11.5 Å². The van der Waals surface area contributed by atoms with Gasteiger partial charge in [0.15, 0.2) is 5.78 Å². The third-order valence-corrected chi connectivity index (χ3v) is 3.32. The van der Waals surface area contributed by atoms with E-state index in [4.69, 9.17) is 9.47 Å². The van der Waals surface area contributed by atoms with Gasteiger partial charge >= 0.3 is 0 Å². The van der Waals surface area contributed by atoms with Crippen LogP contribution in [0.15, 0.2) is 18.2 Å². The number of ether oxygens (including phenoxy) is 2. The fourth-order valence-corrected chi connectivity index (χ4v) is 2.48. The molecule has 2 atom stereocenters. The van der Waals surface area contributed by atoms with Gasteiger partial charge in [-0.3, -0.25) is 4.79 Å². The van der Waals surface area contributed by atoms with Crippen LogP contribution in [0.3, 0.4) is 0 Å². The summed E-state index contributed by atoms with van der Waals surface area (Å²) in [5, 5.41) is 0. The van der Waals surface area contributed by atoms with Gasteiger partial charge in [-0.25, -0.2) is 0 Å². The first-order chi connectivity index (χ1) is 8.99. The number of hydrogen-bond donors (Lipinski definition) is 0. The maximum Gasteiger partial charge on any atom is 0.160 e. The van der Waals surface area contributed by atoms with Gasteiger partial charge in [-0.15, -0.1) is 0 Å². The van der Waals surface area contributed by atoms with Crippen molar-refractivity contribution in [3.05, 3.63) is 23.8 Å². The highest BCUT2D eigenvalue weighted by molar-refractivity contribution is 5.95. The number of ketones is 1. The third-order valence-electron chi connectivity index (χ3n) is 3.32. The predicted octanol–water partition coefficient (Wildman–Crippen LogP) is 2.51. The molecule has 1 aliphatic heterocycles. The van der Waals surface area contributed by atoms with E-state index < -0.39 is 0 Å². The molecule has 4 nitrogen and oxygen atoms in total. The summed E-state index contributed by atoms with van der Waals surface area (Å²) >= 11 is 0. The highest BCUT2D eigenvalue weighted by Crippen LogP contribution is 2.27. The summed E-state index contributed by atoms with van der Waals surface area (Å²) in [7, 11) is 1.62. The van der Waals surface area contributed by atoms with Crippen LogP contribution in [-0.2, 0) is 4.74 Å². The number of Topliss-reactive ketones (excluding diaryl/α,β-unsaturated/α-hetero) is 1. The standard InChI is InChI=1S/C15H21NO3/c1-10-8-16(9-11(2)19-10)14-5-13(12(3)17)6-15(7-14)18-4/h5-7,10-11H,8-9H2,1-4H3/t10-,11+. The Hall–Kier alpha value is -1.55. The van der Waals surface area contributed by atoms with Crippen molar-refractivity contribution in [1.29, 1.82) is 0 Å². The molecule has 0 aliphatic carbocycles. The Morgan fingerprint density at radius 3 is 2.42 bits per heavy atom. The van der Waals surface area contributed by atoms with Crippen molar-refractivity contribution in [2.45, 2.75) is 33.0 Å². The minimum Gasteiger partial charge on any atom is -0.497 e. The second kappa shape index (κ2) is 5.61. The molecule has 4 heteroatoms. The van der Waals surface area contributed by atoms with E-state index in [-0.39, 0.29) is 18.0 Å². The molecule has 0 N–H and O–H groups in total. The van der Waals surface area contributed by atoms with E-state index in [2.05, 4.69) is 18.7 Å². The number of carbonyl (C=O) groups excluding carboxylic acids is 1. The molecule has 1 heterocycles. The van der Waals surface area contributed by atoms with Crippen LogP contribution < -0.4 is 9.64 Å². The number of nitrogens with zero attached hydrogens (tertiary/aromatic N) is 1. The van der Waals surface area contributed by atoms with Gasteiger partial charge in [-0.2, -0.15) is 0 Å². The number of benzene rings is 1. The highest BCUT2D eigenvalue weighted by Gasteiger charge is 2.23. The lowest BCUT2D eigenvalue weighted by molar-refractivity contribution is -0.00522. The lowest BCUT2D eigenvalue weighted by Gasteiger charge is -2.37. The average Bonchev–Trinajstić information content (AvgIpc) is 2.37. The zero-order valence-electron chi connectivity index (χ0n) is 12.0. The smallest absolute Gasteiger partial charge is 0.160 e. The summed E-state index contributed by atoms with van der Waals surface area (Å²) in [5.74, 6) is 0.768. The summed E-state index contributed by atoms with van der Waals surface area (Å²) in [6.07, 6.45) is 0.381. The molecular weight excluding hydrogens is 242 g/mol. The van der Waals surface area contributed by atoms with Gasteiger partial charge in [0.05, 0.1) is 19.3 Å². The Morgan fingerprint density at radius 1 is 1.26 bits per heavy atom. The highest BCUT2D eigenvalue weighted by atomic mass is 16.5. The van der Waals surface area contributed by atoms with Crippen molar-refractivity contribution < 1.29 is 14.3 Å². The fourth-order valence-electron chi connectivity index (χ4n) is 2.48. The van der Waals surface area contributed by atoms with E-state index >= 15 is 0 Å². The van der Waals surface area contributed by atoms with Crippen LogP contribution in [0, 0.1) is 0 Å². The third kappa shape index (κ3) is 3.26. The largest absolute Gasteiger partial charge is 0.497 e. The minimum absolute atomic E-state index is 0.0505. The molecule has 0 unspecified atom stereocenters. The summed E-state index contributed by atoms with van der Waals surface area (Å²) in [5.41, 5.74) is 1.70. The Morgan fingerprint density at radius 2 is 1.89 bits per heavy atom. The molecule has 1 aromatic carbocycles. The Labute approximate surface area is 114 Å². The molecule has 1 fully saturated rings. The number of rotatable bonds is 3. The van der Waals surface area contributed by atoms with Crippen LogP contribution >= 0.6 is 0 Å². The first-order valence-electron chi connectivity index (χ1n) is 6.60. The molecular formula is C15H21NO3. The topological polar surface area (TPSA) is 38.8 Å². The van der Waals surface area contributed by atoms with Crippen molar-refractivity contribution in [3.63, 3.8) is 0 Å². The van der Waals surface area contributed by atoms with Crippen LogP contribution in [0.25, 0.3) is 0 Å². The van der Waals surface area contributed by atoms with Gasteiger partial charge in [0.2, 0.25) is 0 Å². The monoisotopic (exact) mass is 263 g/mol. The normalized spacial score (nSPS) is 23.3. The van der Waals surface area contributed by atoms with E-state index in [0.717, 1.165) is 24.5 Å². The second-order valence-electron chi connectivity index (χ2n) is 5.14. The van der Waals surface area contributed by atoms with Gasteiger partial charge < -0.3 is 14.4 Å². The maximum atomic E-state index is 11.6. The van der Waals surface area contributed by atoms with Crippen LogP contribution in [0.1, 0.15) is 31.1 Å². The number of morpholine rings is 1. The van der Waals surface area contributed by atoms with Gasteiger partial charge in [0, 0.05) is 30.4 Å². The molecule has 104 valence electrons. The molecule has 1 aromatic rings. The van der Waals surface area contributed by atoms with Gasteiger partial charge in [-0.05, 0) is 32.9 Å². The first kappa shape index (κ1) is 13.9. The van der Waals surface area contributed by atoms with Crippen LogP contribution in [0.4, 0.5) is 5.69 Å². The van der Waals surface area contributed by atoms with Crippen LogP contribution in [-0.4, -0.2) is 38.2 Å². The Balaban J connectivity index is 2.32. The molecule has 0 spiro atoms. The zero-order valence-corrected chi connectivity index (χ0v) is 12.0. The molecule has 0 amide bonds. The summed E-state index contributed by atoms with van der Waals surface area (Å²) < 4.78 is 11.0. The van der Waals surface area contributed by atoms with Gasteiger partial charge in [-0.1, -0.05) is 0 Å². The molecule has 0 saturated carbocycles. The first-order valence-corrected chi connectivity index (χ1v) is 6.60. The van der Waals surface area contributed by atoms with E-state index in [1.807, 2.05) is 12.1 Å². The molecule has 1 aliphatic rings. The Bertz CT molecular complexity index is 462. The van der Waals surface area contributed by atoms with E-state index in [1.54, 1.807) is 20.1 Å². The average molecular weight is 263 g/mol. The van der Waals surface area contributed by atoms with Gasteiger partial charge in [0.25, 0.3) is 0 Å². The quantitative estimate of drug-likeness (QED) is 0.785. The summed E-state index contributed by atoms with van der Waals surface area (Å²) in [4.78, 5) is 13.8. The molecule has 0 bridgehead atoms. The molecule has 2 rings (SSSR count). The summed E-state index contributed by atoms with van der Waals surface area (Å²) in [6, 6.07) is 5.67. The lowest BCUT2D eigenvalue weighted by Crippen LogP contribution is -2.45. The van der Waals surface area contributed by atoms with E-state index in [1.165, 1.54) is 0 Å². The van der Waals surface area contributed by atoms with Crippen molar-refractivity contribution in [1.82, 2.24) is 0 Å². The Kier molecular flexibility index (Phi) is 4.10. The molecule has 0 radical (unpaired) electrons. The van der Waals surface area contributed by atoms with Crippen molar-refractivity contribution in [3.8, 4) is 5.75 Å². The number of anilines is 1. The number of carbonyl (C=O) groups is 1. The van der Waals surface area contributed by atoms with Gasteiger partial charge in [0.1, 0.15) is 5.75 Å². The van der Waals surface area contributed by atoms with Crippen molar-refractivity contribution in [2.24, 2.45) is 0 Å². The number of methoxy groups -OCH3 is 1. The molecule has 0 aromatic heterocycles.